The zero-order valence-electron chi connectivity index (χ0n) is 7.85. The number of alkyl halides is 2. The van der Waals surface area contributed by atoms with Crippen LogP contribution in [0.5, 0.6) is 0 Å². The van der Waals surface area contributed by atoms with Gasteiger partial charge in [-0.15, -0.1) is 0 Å². The van der Waals surface area contributed by atoms with Crippen molar-refractivity contribution in [3.8, 4) is 0 Å². The third kappa shape index (κ3) is 2.61. The standard InChI is InChI=1S/C9H16F2O2/c1-13-7-8(6-12)2-4-9(10,11)5-3-8/h12H,2-7H2,1H3. The number of ether oxygens (including phenoxy) is 1. The number of methoxy groups -OCH3 is 1. The van der Waals surface area contributed by atoms with Gasteiger partial charge in [0.2, 0.25) is 5.92 Å². The lowest BCUT2D eigenvalue weighted by Gasteiger charge is -2.38. The Kier molecular flexibility index (Phi) is 3.24. The molecule has 2 nitrogen and oxygen atoms in total. The summed E-state index contributed by atoms with van der Waals surface area (Å²) in [6.45, 7) is 0.316. The zero-order valence-corrected chi connectivity index (χ0v) is 7.85. The van der Waals surface area contributed by atoms with Gasteiger partial charge in [-0.25, -0.2) is 8.78 Å². The van der Waals surface area contributed by atoms with Crippen molar-refractivity contribution in [3.05, 3.63) is 0 Å². The summed E-state index contributed by atoms with van der Waals surface area (Å²) in [5, 5.41) is 9.12. The molecule has 1 aliphatic rings. The van der Waals surface area contributed by atoms with Crippen molar-refractivity contribution in [2.75, 3.05) is 20.3 Å². The minimum absolute atomic E-state index is 0.0586. The fourth-order valence-electron chi connectivity index (χ4n) is 1.80. The van der Waals surface area contributed by atoms with Crippen molar-refractivity contribution in [3.63, 3.8) is 0 Å². The summed E-state index contributed by atoms with van der Waals surface area (Å²) in [5.74, 6) is -2.54. The molecule has 0 spiro atoms. The molecule has 0 aromatic carbocycles. The summed E-state index contributed by atoms with van der Waals surface area (Å²) < 4.78 is 30.5. The van der Waals surface area contributed by atoms with Crippen LogP contribution in [0.25, 0.3) is 0 Å². The molecular formula is C9H16F2O2. The van der Waals surface area contributed by atoms with E-state index in [4.69, 9.17) is 9.84 Å². The number of hydrogen-bond donors (Lipinski definition) is 1. The van der Waals surface area contributed by atoms with E-state index in [-0.39, 0.29) is 19.4 Å². The highest BCUT2D eigenvalue weighted by Crippen LogP contribution is 2.43. The van der Waals surface area contributed by atoms with Crippen LogP contribution in [0.2, 0.25) is 0 Å². The average molecular weight is 194 g/mol. The van der Waals surface area contributed by atoms with E-state index in [9.17, 15) is 8.78 Å². The Balaban J connectivity index is 2.52. The predicted molar refractivity (Wildman–Crippen MR) is 44.8 cm³/mol. The van der Waals surface area contributed by atoms with Gasteiger partial charge < -0.3 is 9.84 Å². The number of halogens is 2. The maximum atomic E-state index is 12.8. The van der Waals surface area contributed by atoms with E-state index in [0.717, 1.165) is 0 Å². The molecular weight excluding hydrogens is 178 g/mol. The van der Waals surface area contributed by atoms with Crippen LogP contribution in [0.15, 0.2) is 0 Å². The second-order valence-corrected chi connectivity index (χ2v) is 3.95. The zero-order chi connectivity index (χ0) is 9.95. The Morgan fingerprint density at radius 2 is 1.77 bits per heavy atom. The van der Waals surface area contributed by atoms with E-state index in [1.54, 1.807) is 0 Å². The fraction of sp³-hybridized carbons (Fsp3) is 1.00. The molecule has 0 aliphatic heterocycles. The molecule has 0 atom stereocenters. The third-order valence-corrected chi connectivity index (χ3v) is 2.83. The maximum absolute atomic E-state index is 12.8. The molecule has 0 aromatic heterocycles. The van der Waals surface area contributed by atoms with E-state index in [2.05, 4.69) is 0 Å². The van der Waals surface area contributed by atoms with Crippen LogP contribution < -0.4 is 0 Å². The second kappa shape index (κ2) is 3.88. The average Bonchev–Trinajstić information content (AvgIpc) is 2.10. The van der Waals surface area contributed by atoms with Crippen molar-refractivity contribution in [2.45, 2.75) is 31.6 Å². The van der Waals surface area contributed by atoms with Crippen LogP contribution in [0.1, 0.15) is 25.7 Å². The molecule has 1 fully saturated rings. The van der Waals surface area contributed by atoms with Crippen molar-refractivity contribution >= 4 is 0 Å². The maximum Gasteiger partial charge on any atom is 0.248 e. The SMILES string of the molecule is COCC1(CO)CCC(F)(F)CC1. The van der Waals surface area contributed by atoms with Gasteiger partial charge in [0.15, 0.2) is 0 Å². The first-order valence-corrected chi connectivity index (χ1v) is 4.51. The highest BCUT2D eigenvalue weighted by molar-refractivity contribution is 4.88. The Bertz CT molecular complexity index is 161. The van der Waals surface area contributed by atoms with Crippen LogP contribution in [-0.2, 0) is 4.74 Å². The molecule has 1 aliphatic carbocycles. The molecule has 78 valence electrons. The van der Waals surface area contributed by atoms with Crippen molar-refractivity contribution in [1.82, 2.24) is 0 Å². The fourth-order valence-corrected chi connectivity index (χ4v) is 1.80. The number of hydrogen-bond acceptors (Lipinski definition) is 2. The molecule has 0 saturated heterocycles. The van der Waals surface area contributed by atoms with E-state index in [1.165, 1.54) is 7.11 Å². The van der Waals surface area contributed by atoms with Crippen LogP contribution >= 0.6 is 0 Å². The Morgan fingerprint density at radius 1 is 1.23 bits per heavy atom. The van der Waals surface area contributed by atoms with Gasteiger partial charge in [-0.2, -0.15) is 0 Å². The molecule has 1 saturated carbocycles. The minimum atomic E-state index is -2.54. The van der Waals surface area contributed by atoms with Crippen LogP contribution in [0.3, 0.4) is 0 Å². The molecule has 0 radical (unpaired) electrons. The molecule has 0 heterocycles. The van der Waals surface area contributed by atoms with Gasteiger partial charge in [0, 0.05) is 25.4 Å². The monoisotopic (exact) mass is 194 g/mol. The Morgan fingerprint density at radius 3 is 2.15 bits per heavy atom. The van der Waals surface area contributed by atoms with E-state index >= 15 is 0 Å². The summed E-state index contributed by atoms with van der Waals surface area (Å²) in [4.78, 5) is 0. The minimum Gasteiger partial charge on any atom is -0.396 e. The molecule has 0 bridgehead atoms. The van der Waals surface area contributed by atoms with Gasteiger partial charge >= 0.3 is 0 Å². The lowest BCUT2D eigenvalue weighted by molar-refractivity contribution is -0.0956. The van der Waals surface area contributed by atoms with Crippen molar-refractivity contribution < 1.29 is 18.6 Å². The topological polar surface area (TPSA) is 29.5 Å². The first kappa shape index (κ1) is 10.9. The summed E-state index contributed by atoms with van der Waals surface area (Å²) in [7, 11) is 1.53. The first-order valence-electron chi connectivity index (χ1n) is 4.51. The van der Waals surface area contributed by atoms with E-state index in [0.29, 0.717) is 19.4 Å². The summed E-state index contributed by atoms with van der Waals surface area (Å²) in [5.41, 5.74) is -0.420. The van der Waals surface area contributed by atoms with Gasteiger partial charge in [-0.1, -0.05) is 0 Å². The lowest BCUT2D eigenvalue weighted by atomic mass is 9.74. The smallest absolute Gasteiger partial charge is 0.248 e. The molecule has 1 N–H and O–H groups in total. The quantitative estimate of drug-likeness (QED) is 0.742. The summed E-state index contributed by atoms with van der Waals surface area (Å²) in [6, 6.07) is 0. The van der Waals surface area contributed by atoms with Gasteiger partial charge in [0.25, 0.3) is 0 Å². The highest BCUT2D eigenvalue weighted by Gasteiger charge is 2.42. The van der Waals surface area contributed by atoms with Gasteiger partial charge in [-0.3, -0.25) is 0 Å². The normalized spacial score (nSPS) is 25.8. The molecule has 0 aromatic rings. The van der Waals surface area contributed by atoms with Crippen molar-refractivity contribution in [1.29, 1.82) is 0 Å². The van der Waals surface area contributed by atoms with E-state index < -0.39 is 11.3 Å². The molecule has 0 unspecified atom stereocenters. The molecule has 4 heteroatoms. The second-order valence-electron chi connectivity index (χ2n) is 3.95. The molecule has 1 rings (SSSR count). The van der Waals surface area contributed by atoms with Crippen LogP contribution in [-0.4, -0.2) is 31.4 Å². The molecule has 13 heavy (non-hydrogen) atoms. The Hall–Kier alpha value is -0.220. The van der Waals surface area contributed by atoms with Crippen LogP contribution in [0, 0.1) is 5.41 Å². The number of rotatable bonds is 3. The number of aliphatic hydroxyl groups excluding tert-OH is 1. The van der Waals surface area contributed by atoms with Gasteiger partial charge in [0.05, 0.1) is 13.2 Å². The predicted octanol–water partition coefficient (Wildman–Crippen LogP) is 1.82. The van der Waals surface area contributed by atoms with Crippen molar-refractivity contribution in [2.24, 2.45) is 5.41 Å². The van der Waals surface area contributed by atoms with Gasteiger partial charge in [-0.05, 0) is 12.8 Å². The lowest BCUT2D eigenvalue weighted by Crippen LogP contribution is -2.39. The molecule has 0 amide bonds. The van der Waals surface area contributed by atoms with E-state index in [1.807, 2.05) is 0 Å². The first-order chi connectivity index (χ1) is 6.04. The Labute approximate surface area is 76.9 Å². The highest BCUT2D eigenvalue weighted by atomic mass is 19.3. The third-order valence-electron chi connectivity index (χ3n) is 2.83. The number of aliphatic hydroxyl groups is 1. The van der Waals surface area contributed by atoms with Gasteiger partial charge in [0.1, 0.15) is 0 Å². The largest absolute Gasteiger partial charge is 0.396 e. The summed E-state index contributed by atoms with van der Waals surface area (Å²) >= 11 is 0. The van der Waals surface area contributed by atoms with Crippen LogP contribution in [0.4, 0.5) is 8.78 Å². The summed E-state index contributed by atoms with van der Waals surface area (Å²) in [6.07, 6.45) is 0.447.